The molecule has 0 atom stereocenters. The Morgan fingerprint density at radius 2 is 1.79 bits per heavy atom. The molecule has 0 fully saturated rings. The summed E-state index contributed by atoms with van der Waals surface area (Å²) in [5.41, 5.74) is 0.330. The second kappa shape index (κ2) is 7.41. The molecule has 0 radical (unpaired) electrons. The summed E-state index contributed by atoms with van der Waals surface area (Å²) in [4.78, 5) is 16.2. The lowest BCUT2D eigenvalue weighted by molar-refractivity contribution is 0.211. The van der Waals surface area contributed by atoms with Gasteiger partial charge in [-0.25, -0.2) is 9.37 Å². The van der Waals surface area contributed by atoms with Crippen LogP contribution < -0.4 is 15.0 Å². The summed E-state index contributed by atoms with van der Waals surface area (Å²) in [6.07, 6.45) is 3.23. The van der Waals surface area contributed by atoms with Gasteiger partial charge in [-0.3, -0.25) is 9.36 Å². The lowest BCUT2D eigenvalue weighted by Gasteiger charge is -2.09. The summed E-state index contributed by atoms with van der Waals surface area (Å²) < 4.78 is 25.3. The van der Waals surface area contributed by atoms with Gasteiger partial charge in [0.1, 0.15) is 24.8 Å². The van der Waals surface area contributed by atoms with E-state index in [0.29, 0.717) is 23.9 Å². The Morgan fingerprint density at radius 1 is 1.00 bits per heavy atom. The molecule has 1 aromatic carbocycles. The normalized spacial score (nSPS) is 10.4. The van der Waals surface area contributed by atoms with Crippen molar-refractivity contribution in [3.8, 4) is 17.3 Å². The SMILES string of the molecule is O=c1cc(OCCOc2ccccn2)ccn1-c1ccc(F)cc1. The van der Waals surface area contributed by atoms with Gasteiger partial charge in [0.25, 0.3) is 5.56 Å². The van der Waals surface area contributed by atoms with Gasteiger partial charge >= 0.3 is 0 Å². The number of benzene rings is 1. The number of halogens is 1. The molecule has 24 heavy (non-hydrogen) atoms. The lowest BCUT2D eigenvalue weighted by Crippen LogP contribution is -2.17. The van der Waals surface area contributed by atoms with Crippen molar-refractivity contribution in [3.05, 3.63) is 83.2 Å². The van der Waals surface area contributed by atoms with Crippen LogP contribution in [0.15, 0.2) is 71.8 Å². The van der Waals surface area contributed by atoms with Crippen LogP contribution in [0, 0.1) is 5.82 Å². The summed E-state index contributed by atoms with van der Waals surface area (Å²) in [6, 6.07) is 14.1. The fourth-order valence-electron chi connectivity index (χ4n) is 2.10. The number of aromatic nitrogens is 2. The average Bonchev–Trinajstić information content (AvgIpc) is 2.61. The van der Waals surface area contributed by atoms with Gasteiger partial charge in [-0.05, 0) is 36.4 Å². The lowest BCUT2D eigenvalue weighted by atomic mass is 10.3. The third kappa shape index (κ3) is 3.98. The number of hydrogen-bond acceptors (Lipinski definition) is 4. The van der Waals surface area contributed by atoms with Crippen molar-refractivity contribution in [2.45, 2.75) is 0 Å². The van der Waals surface area contributed by atoms with E-state index in [1.165, 1.54) is 34.9 Å². The second-order valence-corrected chi connectivity index (χ2v) is 4.91. The highest BCUT2D eigenvalue weighted by molar-refractivity contribution is 5.33. The van der Waals surface area contributed by atoms with Crippen LogP contribution >= 0.6 is 0 Å². The van der Waals surface area contributed by atoms with Crippen molar-refractivity contribution in [1.29, 1.82) is 0 Å². The molecule has 0 N–H and O–H groups in total. The van der Waals surface area contributed by atoms with Crippen LogP contribution in [0.25, 0.3) is 5.69 Å². The van der Waals surface area contributed by atoms with E-state index in [9.17, 15) is 9.18 Å². The van der Waals surface area contributed by atoms with Gasteiger partial charge in [-0.15, -0.1) is 0 Å². The van der Waals surface area contributed by atoms with Crippen LogP contribution in [0.2, 0.25) is 0 Å². The first-order valence-corrected chi connectivity index (χ1v) is 7.38. The van der Waals surface area contributed by atoms with Gasteiger partial charge in [-0.2, -0.15) is 0 Å². The van der Waals surface area contributed by atoms with E-state index in [2.05, 4.69) is 4.98 Å². The molecule has 0 spiro atoms. The highest BCUT2D eigenvalue weighted by Gasteiger charge is 2.03. The monoisotopic (exact) mass is 326 g/mol. The maximum atomic E-state index is 12.9. The number of nitrogens with zero attached hydrogens (tertiary/aromatic N) is 2. The molecule has 5 nitrogen and oxygen atoms in total. The number of rotatable bonds is 6. The van der Waals surface area contributed by atoms with E-state index in [4.69, 9.17) is 9.47 Å². The quantitative estimate of drug-likeness (QED) is 0.654. The first kappa shape index (κ1) is 15.7. The Balaban J connectivity index is 1.58. The van der Waals surface area contributed by atoms with E-state index >= 15 is 0 Å². The third-order valence-electron chi connectivity index (χ3n) is 3.24. The summed E-state index contributed by atoms with van der Waals surface area (Å²) in [5.74, 6) is 0.621. The van der Waals surface area contributed by atoms with Crippen LogP contribution in [0.4, 0.5) is 4.39 Å². The highest BCUT2D eigenvalue weighted by atomic mass is 19.1. The van der Waals surface area contributed by atoms with Crippen LogP contribution in [-0.4, -0.2) is 22.8 Å². The van der Waals surface area contributed by atoms with Crippen molar-refractivity contribution in [2.75, 3.05) is 13.2 Å². The maximum Gasteiger partial charge on any atom is 0.258 e. The predicted octanol–water partition coefficient (Wildman–Crippen LogP) is 2.83. The van der Waals surface area contributed by atoms with Crippen LogP contribution in [0.3, 0.4) is 0 Å². The van der Waals surface area contributed by atoms with Gasteiger partial charge in [0.15, 0.2) is 0 Å². The molecular weight excluding hydrogens is 311 g/mol. The summed E-state index contributed by atoms with van der Waals surface area (Å²) in [7, 11) is 0. The molecule has 0 unspecified atom stereocenters. The Morgan fingerprint density at radius 3 is 2.50 bits per heavy atom. The molecule has 0 saturated heterocycles. The first-order valence-electron chi connectivity index (χ1n) is 7.38. The molecule has 0 aliphatic heterocycles. The number of hydrogen-bond donors (Lipinski definition) is 0. The minimum Gasteiger partial charge on any atom is -0.490 e. The minimum atomic E-state index is -0.348. The third-order valence-corrected chi connectivity index (χ3v) is 3.24. The topological polar surface area (TPSA) is 53.4 Å². The standard InChI is InChI=1S/C18H15FN2O3/c19-14-4-6-15(7-5-14)21-10-8-16(13-18(21)22)23-11-12-24-17-3-1-2-9-20-17/h1-10,13H,11-12H2. The Kier molecular flexibility index (Phi) is 4.86. The maximum absolute atomic E-state index is 12.9. The molecule has 0 aliphatic carbocycles. The van der Waals surface area contributed by atoms with Gasteiger partial charge in [0.05, 0.1) is 0 Å². The summed E-state index contributed by atoms with van der Waals surface area (Å²) >= 11 is 0. The van der Waals surface area contributed by atoms with Crippen LogP contribution in [-0.2, 0) is 0 Å². The zero-order valence-corrected chi connectivity index (χ0v) is 12.8. The largest absolute Gasteiger partial charge is 0.490 e. The summed E-state index contributed by atoms with van der Waals surface area (Å²) in [6.45, 7) is 0.606. The zero-order chi connectivity index (χ0) is 16.8. The van der Waals surface area contributed by atoms with Gasteiger partial charge in [-0.1, -0.05) is 6.07 Å². The molecule has 0 aliphatic rings. The summed E-state index contributed by atoms with van der Waals surface area (Å²) in [5, 5.41) is 0. The van der Waals surface area contributed by atoms with Crippen molar-refractivity contribution in [2.24, 2.45) is 0 Å². The smallest absolute Gasteiger partial charge is 0.258 e. The highest BCUT2D eigenvalue weighted by Crippen LogP contribution is 2.11. The fourth-order valence-corrected chi connectivity index (χ4v) is 2.10. The second-order valence-electron chi connectivity index (χ2n) is 4.91. The molecule has 122 valence electrons. The molecule has 0 saturated carbocycles. The van der Waals surface area contributed by atoms with E-state index < -0.39 is 0 Å². The molecule has 6 heteroatoms. The average molecular weight is 326 g/mol. The van der Waals surface area contributed by atoms with Crippen LogP contribution in [0.5, 0.6) is 11.6 Å². The molecule has 0 amide bonds. The predicted molar refractivity (Wildman–Crippen MR) is 87.2 cm³/mol. The van der Waals surface area contributed by atoms with Crippen molar-refractivity contribution in [1.82, 2.24) is 9.55 Å². The van der Waals surface area contributed by atoms with Crippen molar-refractivity contribution >= 4 is 0 Å². The molecule has 2 aromatic heterocycles. The molecule has 3 aromatic rings. The van der Waals surface area contributed by atoms with Gasteiger partial charge in [0.2, 0.25) is 5.88 Å². The van der Waals surface area contributed by atoms with Crippen molar-refractivity contribution < 1.29 is 13.9 Å². The fraction of sp³-hybridized carbons (Fsp3) is 0.111. The number of pyridine rings is 2. The Bertz CT molecular complexity index is 848. The molecular formula is C18H15FN2O3. The number of ether oxygens (including phenoxy) is 2. The molecule has 2 heterocycles. The van der Waals surface area contributed by atoms with Gasteiger partial charge in [0, 0.05) is 30.2 Å². The van der Waals surface area contributed by atoms with Crippen LogP contribution in [0.1, 0.15) is 0 Å². The zero-order valence-electron chi connectivity index (χ0n) is 12.8. The van der Waals surface area contributed by atoms with Gasteiger partial charge < -0.3 is 9.47 Å². The molecule has 3 rings (SSSR count). The van der Waals surface area contributed by atoms with E-state index in [0.717, 1.165) is 0 Å². The molecule has 0 bridgehead atoms. The first-order chi connectivity index (χ1) is 11.7. The Labute approximate surface area is 137 Å². The van der Waals surface area contributed by atoms with E-state index in [-0.39, 0.29) is 18.0 Å². The minimum absolute atomic E-state index is 0.259. The Hall–Kier alpha value is -3.15. The van der Waals surface area contributed by atoms with Crippen molar-refractivity contribution in [3.63, 3.8) is 0 Å². The van der Waals surface area contributed by atoms with E-state index in [1.54, 1.807) is 30.6 Å². The van der Waals surface area contributed by atoms with E-state index in [1.807, 2.05) is 6.07 Å².